The highest BCUT2D eigenvalue weighted by molar-refractivity contribution is 6.14. The molecule has 2 aliphatic rings. The second-order valence-corrected chi connectivity index (χ2v) is 2.71. The van der Waals surface area contributed by atoms with Crippen LogP contribution < -0.4 is 0 Å². The van der Waals surface area contributed by atoms with Crippen molar-refractivity contribution in [3.63, 3.8) is 0 Å². The quantitative estimate of drug-likeness (QED) is 0.298. The van der Waals surface area contributed by atoms with E-state index in [0.29, 0.717) is 5.57 Å². The van der Waals surface area contributed by atoms with Crippen molar-refractivity contribution in [2.45, 2.75) is 6.42 Å². The molecule has 0 aromatic rings. The fraction of sp³-hybridized carbons (Fsp3) is 0.111. The van der Waals surface area contributed by atoms with Crippen molar-refractivity contribution in [1.29, 1.82) is 0 Å². The summed E-state index contributed by atoms with van der Waals surface area (Å²) in [6.45, 7) is 0. The fourth-order valence-electron chi connectivity index (χ4n) is 1.27. The van der Waals surface area contributed by atoms with Crippen molar-refractivity contribution >= 4 is 17.9 Å². The largest absolute Gasteiger partial charge is 0.386 e. The van der Waals surface area contributed by atoms with Crippen LogP contribution in [0.4, 0.5) is 0 Å². The first-order valence-electron chi connectivity index (χ1n) is 3.64. The first kappa shape index (κ1) is 7.71. The van der Waals surface area contributed by atoms with Crippen LogP contribution in [-0.2, 0) is 19.1 Å². The number of allylic oxidation sites excluding steroid dienone is 2. The van der Waals surface area contributed by atoms with Crippen molar-refractivity contribution in [2.75, 3.05) is 0 Å². The van der Waals surface area contributed by atoms with E-state index in [1.54, 1.807) is 5.94 Å². The summed E-state index contributed by atoms with van der Waals surface area (Å²) in [4.78, 5) is 32.2. The number of cyclic esters (lactones) is 2. The van der Waals surface area contributed by atoms with Crippen molar-refractivity contribution in [3.8, 4) is 0 Å². The van der Waals surface area contributed by atoms with Crippen LogP contribution in [0.1, 0.15) is 6.42 Å². The molecular formula is C9H4O4. The molecule has 13 heavy (non-hydrogen) atoms. The highest BCUT2D eigenvalue weighted by atomic mass is 16.6. The molecular weight excluding hydrogens is 172 g/mol. The lowest BCUT2D eigenvalue weighted by Gasteiger charge is -2.01. The Morgan fingerprint density at radius 2 is 2.00 bits per heavy atom. The Balaban J connectivity index is 2.49. The van der Waals surface area contributed by atoms with E-state index in [-0.39, 0.29) is 17.6 Å². The Hall–Kier alpha value is -1.93. The average molecular weight is 176 g/mol. The van der Waals surface area contributed by atoms with Gasteiger partial charge in [-0.15, -0.1) is 0 Å². The lowest BCUT2D eigenvalue weighted by atomic mass is 9.96. The van der Waals surface area contributed by atoms with E-state index in [9.17, 15) is 14.4 Å². The normalized spacial score (nSPS) is 20.2. The van der Waals surface area contributed by atoms with Crippen molar-refractivity contribution < 1.29 is 19.1 Å². The molecule has 0 saturated carbocycles. The van der Waals surface area contributed by atoms with E-state index >= 15 is 0 Å². The molecule has 0 aromatic heterocycles. The number of rotatable bonds is 0. The van der Waals surface area contributed by atoms with Gasteiger partial charge in [0, 0.05) is 12.0 Å². The molecule has 1 heterocycles. The van der Waals surface area contributed by atoms with Crippen LogP contribution in [0.15, 0.2) is 28.9 Å². The minimum absolute atomic E-state index is 0.139. The van der Waals surface area contributed by atoms with Gasteiger partial charge in [0.1, 0.15) is 5.94 Å². The zero-order chi connectivity index (χ0) is 9.42. The van der Waals surface area contributed by atoms with Gasteiger partial charge in [-0.25, -0.2) is 14.4 Å². The van der Waals surface area contributed by atoms with E-state index < -0.39 is 11.9 Å². The first-order chi connectivity index (χ1) is 6.22. The summed E-state index contributed by atoms with van der Waals surface area (Å²) in [6, 6.07) is 0. The molecule has 0 N–H and O–H groups in total. The summed E-state index contributed by atoms with van der Waals surface area (Å²) < 4.78 is 4.35. The molecule has 0 fully saturated rings. The summed E-state index contributed by atoms with van der Waals surface area (Å²) in [5, 5.41) is 0. The Labute approximate surface area is 73.2 Å². The average Bonchev–Trinajstić information content (AvgIpc) is 2.42. The molecule has 4 nitrogen and oxygen atoms in total. The standard InChI is InChI=1S/C9H4O4/c10-4-5-1-2-6-7(3-5)9(12)13-8(6)11/h1-2H,3H2. The van der Waals surface area contributed by atoms with Gasteiger partial charge in [-0.2, -0.15) is 0 Å². The van der Waals surface area contributed by atoms with Gasteiger partial charge in [0.2, 0.25) is 0 Å². The number of hydrogen-bond acceptors (Lipinski definition) is 4. The lowest BCUT2D eigenvalue weighted by molar-refractivity contribution is -0.151. The Morgan fingerprint density at radius 3 is 2.69 bits per heavy atom. The molecule has 2 rings (SSSR count). The van der Waals surface area contributed by atoms with Gasteiger partial charge in [-0.05, 0) is 12.2 Å². The Bertz CT molecular complexity index is 419. The SMILES string of the molecule is O=C=C1C=CC2=C(C1)C(=O)OC2=O. The van der Waals surface area contributed by atoms with Crippen LogP contribution in [0.25, 0.3) is 0 Å². The lowest BCUT2D eigenvalue weighted by Crippen LogP contribution is -2.02. The molecule has 0 unspecified atom stereocenters. The van der Waals surface area contributed by atoms with Crippen molar-refractivity contribution in [3.05, 3.63) is 28.9 Å². The smallest absolute Gasteiger partial charge is 0.346 e. The van der Waals surface area contributed by atoms with Crippen LogP contribution in [0.3, 0.4) is 0 Å². The summed E-state index contributed by atoms with van der Waals surface area (Å²) >= 11 is 0. The molecule has 0 radical (unpaired) electrons. The monoisotopic (exact) mass is 176 g/mol. The van der Waals surface area contributed by atoms with Crippen LogP contribution in [0, 0.1) is 0 Å². The van der Waals surface area contributed by atoms with Crippen LogP contribution >= 0.6 is 0 Å². The minimum Gasteiger partial charge on any atom is -0.386 e. The predicted molar refractivity (Wildman–Crippen MR) is 41.1 cm³/mol. The van der Waals surface area contributed by atoms with Gasteiger partial charge < -0.3 is 4.74 Å². The summed E-state index contributed by atoms with van der Waals surface area (Å²) in [5.74, 6) is 0.385. The fourth-order valence-corrected chi connectivity index (χ4v) is 1.27. The van der Waals surface area contributed by atoms with Gasteiger partial charge in [0.15, 0.2) is 0 Å². The molecule has 0 aromatic carbocycles. The third-order valence-electron chi connectivity index (χ3n) is 1.93. The molecule has 4 heteroatoms. The van der Waals surface area contributed by atoms with Gasteiger partial charge in [-0.3, -0.25) is 0 Å². The summed E-state index contributed by atoms with van der Waals surface area (Å²) in [6.07, 6.45) is 3.01. The van der Waals surface area contributed by atoms with Gasteiger partial charge in [-0.1, -0.05) is 0 Å². The van der Waals surface area contributed by atoms with E-state index in [1.165, 1.54) is 12.2 Å². The van der Waals surface area contributed by atoms with Crippen molar-refractivity contribution in [2.24, 2.45) is 0 Å². The second-order valence-electron chi connectivity index (χ2n) is 2.71. The second kappa shape index (κ2) is 2.54. The highest BCUT2D eigenvalue weighted by Gasteiger charge is 2.33. The molecule has 64 valence electrons. The number of hydrogen-bond donors (Lipinski definition) is 0. The molecule has 0 atom stereocenters. The van der Waals surface area contributed by atoms with Gasteiger partial charge in [0.25, 0.3) is 0 Å². The van der Waals surface area contributed by atoms with Crippen LogP contribution in [0.5, 0.6) is 0 Å². The maximum atomic E-state index is 11.0. The highest BCUT2D eigenvalue weighted by Crippen LogP contribution is 2.28. The van der Waals surface area contributed by atoms with E-state index in [4.69, 9.17) is 0 Å². The molecule has 0 saturated heterocycles. The zero-order valence-electron chi connectivity index (χ0n) is 6.49. The number of esters is 2. The molecule has 0 amide bonds. The van der Waals surface area contributed by atoms with E-state index in [2.05, 4.69) is 4.74 Å². The predicted octanol–water partition coefficient (Wildman–Crippen LogP) is 0.0843. The summed E-state index contributed by atoms with van der Waals surface area (Å²) in [7, 11) is 0. The first-order valence-corrected chi connectivity index (χ1v) is 3.64. The maximum Gasteiger partial charge on any atom is 0.346 e. The third-order valence-corrected chi connectivity index (χ3v) is 1.93. The zero-order valence-corrected chi connectivity index (χ0v) is 6.49. The summed E-state index contributed by atoms with van der Waals surface area (Å²) in [5.41, 5.74) is 0.861. The van der Waals surface area contributed by atoms with Crippen molar-refractivity contribution in [1.82, 2.24) is 0 Å². The van der Waals surface area contributed by atoms with E-state index in [0.717, 1.165) is 0 Å². The molecule has 0 bridgehead atoms. The number of ether oxygens (including phenoxy) is 1. The third kappa shape index (κ3) is 1.04. The molecule has 0 spiro atoms. The number of carbonyl (C=O) groups is 2. The molecule has 1 aliphatic heterocycles. The van der Waals surface area contributed by atoms with Gasteiger partial charge >= 0.3 is 11.9 Å². The van der Waals surface area contributed by atoms with Gasteiger partial charge in [0.05, 0.1) is 11.1 Å². The molecule has 1 aliphatic carbocycles. The minimum atomic E-state index is -0.655. The topological polar surface area (TPSA) is 60.4 Å². The van der Waals surface area contributed by atoms with Crippen LogP contribution in [-0.4, -0.2) is 17.9 Å². The number of carbonyl (C=O) groups excluding carboxylic acids is 3. The van der Waals surface area contributed by atoms with Crippen LogP contribution in [0.2, 0.25) is 0 Å². The Kier molecular flexibility index (Phi) is 1.50. The van der Waals surface area contributed by atoms with E-state index in [1.807, 2.05) is 0 Å². The maximum absolute atomic E-state index is 11.0. The Morgan fingerprint density at radius 1 is 1.23 bits per heavy atom.